The van der Waals surface area contributed by atoms with Crippen molar-refractivity contribution in [3.8, 4) is 11.3 Å². The van der Waals surface area contributed by atoms with E-state index in [4.69, 9.17) is 5.14 Å². The summed E-state index contributed by atoms with van der Waals surface area (Å²) in [5.74, 6) is 0.179. The van der Waals surface area contributed by atoms with Crippen LogP contribution in [0.3, 0.4) is 0 Å². The molecule has 5 nitrogen and oxygen atoms in total. The van der Waals surface area contributed by atoms with Gasteiger partial charge in [-0.1, -0.05) is 30.3 Å². The molecule has 0 aliphatic heterocycles. The first-order valence-electron chi connectivity index (χ1n) is 8.12. The lowest BCUT2D eigenvalue weighted by atomic mass is 9.94. The highest BCUT2D eigenvalue weighted by molar-refractivity contribution is 7.89. The van der Waals surface area contributed by atoms with Crippen molar-refractivity contribution in [2.75, 3.05) is 0 Å². The average Bonchev–Trinajstić information content (AvgIpc) is 3.43. The fraction of sp³-hybridized carbons (Fsp3) is 0.158. The molecule has 2 aromatic carbocycles. The Bertz CT molecular complexity index is 1100. The predicted molar refractivity (Wildman–Crippen MR) is 95.3 cm³/mol. The quantitative estimate of drug-likeness (QED) is 0.766. The molecular formula is C19H16FN3O2S. The van der Waals surface area contributed by atoms with Gasteiger partial charge in [0.2, 0.25) is 10.0 Å². The number of nitrogens with zero attached hydrogens (tertiary/aromatic N) is 2. The van der Waals surface area contributed by atoms with E-state index in [9.17, 15) is 12.8 Å². The van der Waals surface area contributed by atoms with Gasteiger partial charge in [-0.15, -0.1) is 0 Å². The first-order chi connectivity index (χ1) is 12.4. The van der Waals surface area contributed by atoms with Gasteiger partial charge < -0.3 is 0 Å². The van der Waals surface area contributed by atoms with Crippen molar-refractivity contribution in [3.05, 3.63) is 78.0 Å². The van der Waals surface area contributed by atoms with Crippen LogP contribution in [0.25, 0.3) is 11.3 Å². The maximum absolute atomic E-state index is 13.5. The number of hydrogen-bond acceptors (Lipinski definition) is 4. The summed E-state index contributed by atoms with van der Waals surface area (Å²) >= 11 is 0. The lowest BCUT2D eigenvalue weighted by Crippen LogP contribution is -2.21. The van der Waals surface area contributed by atoms with Gasteiger partial charge in [0, 0.05) is 11.8 Å². The van der Waals surface area contributed by atoms with E-state index >= 15 is 0 Å². The van der Waals surface area contributed by atoms with Crippen LogP contribution in [0.4, 0.5) is 4.39 Å². The Morgan fingerprint density at radius 2 is 1.81 bits per heavy atom. The molecule has 0 radical (unpaired) electrons. The van der Waals surface area contributed by atoms with Gasteiger partial charge in [-0.05, 0) is 42.7 Å². The van der Waals surface area contributed by atoms with Gasteiger partial charge in [-0.3, -0.25) is 0 Å². The molecule has 0 spiro atoms. The zero-order chi connectivity index (χ0) is 18.4. The number of halogens is 1. The fourth-order valence-electron chi connectivity index (χ4n) is 3.25. The minimum absolute atomic E-state index is 0.0947. The first-order valence-corrected chi connectivity index (χ1v) is 9.67. The summed E-state index contributed by atoms with van der Waals surface area (Å²) in [4.78, 5) is 9.08. The highest BCUT2D eigenvalue weighted by Crippen LogP contribution is 2.53. The Hall–Kier alpha value is -2.64. The molecule has 26 heavy (non-hydrogen) atoms. The van der Waals surface area contributed by atoms with E-state index in [1.807, 2.05) is 0 Å². The Morgan fingerprint density at radius 3 is 2.50 bits per heavy atom. The molecule has 0 unspecified atom stereocenters. The van der Waals surface area contributed by atoms with Crippen molar-refractivity contribution < 1.29 is 12.8 Å². The normalized spacial score (nSPS) is 15.6. The van der Waals surface area contributed by atoms with Gasteiger partial charge in [0.1, 0.15) is 11.6 Å². The zero-order valence-corrected chi connectivity index (χ0v) is 14.6. The monoisotopic (exact) mass is 369 g/mol. The maximum Gasteiger partial charge on any atom is 0.238 e. The third kappa shape index (κ3) is 2.89. The molecule has 0 bridgehead atoms. The molecule has 1 saturated carbocycles. The molecule has 1 aliphatic rings. The molecule has 132 valence electrons. The Kier molecular flexibility index (Phi) is 3.86. The third-order valence-electron chi connectivity index (χ3n) is 4.66. The van der Waals surface area contributed by atoms with E-state index in [1.54, 1.807) is 42.6 Å². The van der Waals surface area contributed by atoms with Crippen molar-refractivity contribution in [1.82, 2.24) is 9.97 Å². The maximum atomic E-state index is 13.5. The minimum Gasteiger partial charge on any atom is -0.240 e. The first kappa shape index (κ1) is 16.8. The SMILES string of the molecule is NS(=O)(=O)c1ccccc1C1(c2nccc(-c3cccc(F)c3)n2)CC1. The number of nitrogens with two attached hydrogens (primary N) is 1. The van der Waals surface area contributed by atoms with Gasteiger partial charge >= 0.3 is 0 Å². The summed E-state index contributed by atoms with van der Waals surface area (Å²) in [5.41, 5.74) is 1.27. The number of aromatic nitrogens is 2. The minimum atomic E-state index is -3.86. The van der Waals surface area contributed by atoms with E-state index in [-0.39, 0.29) is 10.7 Å². The van der Waals surface area contributed by atoms with Gasteiger partial charge in [-0.25, -0.2) is 27.9 Å². The van der Waals surface area contributed by atoms with Crippen LogP contribution in [0.2, 0.25) is 0 Å². The largest absolute Gasteiger partial charge is 0.240 e. The van der Waals surface area contributed by atoms with E-state index in [0.717, 1.165) is 12.8 Å². The van der Waals surface area contributed by atoms with Crippen molar-refractivity contribution in [3.63, 3.8) is 0 Å². The standard InChI is InChI=1S/C19H16FN3O2S/c20-14-5-3-4-13(12-14)16-8-11-22-18(23-16)19(9-10-19)15-6-1-2-7-17(15)26(21,24)25/h1-8,11-12H,9-10H2,(H2,21,24,25). The zero-order valence-electron chi connectivity index (χ0n) is 13.8. The number of benzene rings is 2. The third-order valence-corrected chi connectivity index (χ3v) is 5.63. The molecule has 0 saturated heterocycles. The van der Waals surface area contributed by atoms with E-state index in [0.29, 0.717) is 22.6 Å². The molecule has 2 N–H and O–H groups in total. The second kappa shape index (κ2) is 5.96. The highest BCUT2D eigenvalue weighted by atomic mass is 32.2. The Labute approximate surface area is 150 Å². The van der Waals surface area contributed by atoms with Gasteiger partial charge in [0.05, 0.1) is 16.0 Å². The molecule has 1 fully saturated rings. The molecule has 0 atom stereocenters. The topological polar surface area (TPSA) is 85.9 Å². The summed E-state index contributed by atoms with van der Waals surface area (Å²) in [6, 6.07) is 14.6. The van der Waals surface area contributed by atoms with Crippen LogP contribution in [-0.2, 0) is 15.4 Å². The van der Waals surface area contributed by atoms with E-state index in [2.05, 4.69) is 9.97 Å². The van der Waals surface area contributed by atoms with Crippen LogP contribution in [0, 0.1) is 5.82 Å². The fourth-order valence-corrected chi connectivity index (χ4v) is 4.08. The highest BCUT2D eigenvalue weighted by Gasteiger charge is 2.50. The van der Waals surface area contributed by atoms with Crippen LogP contribution >= 0.6 is 0 Å². The lowest BCUT2D eigenvalue weighted by molar-refractivity contribution is 0.594. The number of sulfonamides is 1. The van der Waals surface area contributed by atoms with Gasteiger partial charge in [-0.2, -0.15) is 0 Å². The molecule has 4 rings (SSSR count). The summed E-state index contributed by atoms with van der Waals surface area (Å²) in [6.07, 6.45) is 3.07. The molecule has 1 heterocycles. The van der Waals surface area contributed by atoms with Crippen LogP contribution in [0.1, 0.15) is 24.2 Å². The average molecular weight is 369 g/mol. The molecular weight excluding hydrogens is 353 g/mol. The van der Waals surface area contributed by atoms with E-state index < -0.39 is 15.4 Å². The van der Waals surface area contributed by atoms with Crippen LogP contribution in [0.5, 0.6) is 0 Å². The van der Waals surface area contributed by atoms with Crippen molar-refractivity contribution in [1.29, 1.82) is 0 Å². The Morgan fingerprint density at radius 1 is 1.04 bits per heavy atom. The van der Waals surface area contributed by atoms with Gasteiger partial charge in [0.25, 0.3) is 0 Å². The lowest BCUT2D eigenvalue weighted by Gasteiger charge is -2.18. The molecule has 1 aromatic heterocycles. The number of primary sulfonamides is 1. The molecule has 0 amide bonds. The summed E-state index contributed by atoms with van der Waals surface area (Å²) in [6.45, 7) is 0. The van der Waals surface area contributed by atoms with Crippen LogP contribution in [-0.4, -0.2) is 18.4 Å². The predicted octanol–water partition coefficient (Wildman–Crippen LogP) is 3.01. The summed E-state index contributed by atoms with van der Waals surface area (Å²) in [7, 11) is -3.86. The summed E-state index contributed by atoms with van der Waals surface area (Å²) in [5, 5.41) is 5.39. The molecule has 1 aliphatic carbocycles. The number of hydrogen-bond donors (Lipinski definition) is 1. The van der Waals surface area contributed by atoms with E-state index in [1.165, 1.54) is 18.2 Å². The number of rotatable bonds is 4. The van der Waals surface area contributed by atoms with Gasteiger partial charge in [0.15, 0.2) is 0 Å². The van der Waals surface area contributed by atoms with Crippen molar-refractivity contribution >= 4 is 10.0 Å². The van der Waals surface area contributed by atoms with Crippen molar-refractivity contribution in [2.24, 2.45) is 5.14 Å². The summed E-state index contributed by atoms with van der Waals surface area (Å²) < 4.78 is 37.5. The van der Waals surface area contributed by atoms with Crippen molar-refractivity contribution in [2.45, 2.75) is 23.2 Å². The van der Waals surface area contributed by atoms with Crippen LogP contribution in [0.15, 0.2) is 65.7 Å². The molecule has 7 heteroatoms. The second-order valence-corrected chi connectivity index (χ2v) is 7.93. The van der Waals surface area contributed by atoms with Crippen LogP contribution < -0.4 is 5.14 Å². The second-order valence-electron chi connectivity index (χ2n) is 6.40. The molecule has 3 aromatic rings. The smallest absolute Gasteiger partial charge is 0.238 e. The Balaban J connectivity index is 1.83.